The summed E-state index contributed by atoms with van der Waals surface area (Å²) in [6.07, 6.45) is 0.956. The molecule has 0 atom stereocenters. The zero-order valence-corrected chi connectivity index (χ0v) is 9.81. The lowest BCUT2D eigenvalue weighted by atomic mass is 10.3. The first-order valence-electron chi connectivity index (χ1n) is 5.72. The van der Waals surface area contributed by atoms with E-state index in [1.165, 1.54) is 0 Å². The van der Waals surface area contributed by atoms with Gasteiger partial charge >= 0.3 is 0 Å². The number of hydrogen-bond donors (Lipinski definition) is 0. The standard InChI is InChI=1S/C11H19N3O2/c1-2-4-13(5-3-12)10-11(15)14-6-8-16-9-7-14/h2,4-10H2,1H3. The van der Waals surface area contributed by atoms with Gasteiger partial charge in [-0.3, -0.25) is 9.69 Å². The summed E-state index contributed by atoms with van der Waals surface area (Å²) in [6, 6.07) is 2.09. The van der Waals surface area contributed by atoms with Crippen molar-refractivity contribution in [1.29, 1.82) is 5.26 Å². The van der Waals surface area contributed by atoms with Crippen LogP contribution >= 0.6 is 0 Å². The minimum Gasteiger partial charge on any atom is -0.378 e. The zero-order chi connectivity index (χ0) is 11.8. The van der Waals surface area contributed by atoms with Gasteiger partial charge in [-0.1, -0.05) is 6.92 Å². The van der Waals surface area contributed by atoms with Gasteiger partial charge in [-0.15, -0.1) is 0 Å². The Labute approximate surface area is 96.6 Å². The Balaban J connectivity index is 2.37. The number of carbonyl (C=O) groups excluding carboxylic acids is 1. The van der Waals surface area contributed by atoms with E-state index in [2.05, 4.69) is 6.07 Å². The van der Waals surface area contributed by atoms with Crippen LogP contribution in [-0.2, 0) is 9.53 Å². The quantitative estimate of drug-likeness (QED) is 0.622. The van der Waals surface area contributed by atoms with Crippen molar-refractivity contribution in [1.82, 2.24) is 9.80 Å². The van der Waals surface area contributed by atoms with Crippen LogP contribution in [0.15, 0.2) is 0 Å². The number of carbonyl (C=O) groups is 1. The monoisotopic (exact) mass is 225 g/mol. The first-order chi connectivity index (χ1) is 7.77. The largest absolute Gasteiger partial charge is 0.378 e. The van der Waals surface area contributed by atoms with Crippen LogP contribution in [0.3, 0.4) is 0 Å². The van der Waals surface area contributed by atoms with Crippen molar-refractivity contribution in [3.05, 3.63) is 0 Å². The zero-order valence-electron chi connectivity index (χ0n) is 9.81. The van der Waals surface area contributed by atoms with E-state index in [0.29, 0.717) is 39.4 Å². The first kappa shape index (κ1) is 12.9. The van der Waals surface area contributed by atoms with Gasteiger partial charge in [-0.25, -0.2) is 0 Å². The van der Waals surface area contributed by atoms with Gasteiger partial charge in [0.25, 0.3) is 0 Å². The van der Waals surface area contributed by atoms with Crippen LogP contribution in [0.1, 0.15) is 13.3 Å². The van der Waals surface area contributed by atoms with E-state index in [1.807, 2.05) is 16.7 Å². The highest BCUT2D eigenvalue weighted by atomic mass is 16.5. The second kappa shape index (κ2) is 7.20. The summed E-state index contributed by atoms with van der Waals surface area (Å²) in [5.74, 6) is 0.104. The summed E-state index contributed by atoms with van der Waals surface area (Å²) in [5.41, 5.74) is 0. The number of ether oxygens (including phenoxy) is 1. The molecule has 1 aliphatic heterocycles. The number of nitriles is 1. The summed E-state index contributed by atoms with van der Waals surface area (Å²) >= 11 is 0. The highest BCUT2D eigenvalue weighted by molar-refractivity contribution is 5.78. The van der Waals surface area contributed by atoms with Crippen molar-refractivity contribution in [2.24, 2.45) is 0 Å². The Hall–Kier alpha value is -1.12. The van der Waals surface area contributed by atoms with E-state index in [4.69, 9.17) is 10.00 Å². The number of amides is 1. The Bertz CT molecular complexity index is 256. The molecule has 0 spiro atoms. The molecule has 5 heteroatoms. The smallest absolute Gasteiger partial charge is 0.236 e. The van der Waals surface area contributed by atoms with Crippen molar-refractivity contribution < 1.29 is 9.53 Å². The Morgan fingerprint density at radius 2 is 2.19 bits per heavy atom. The summed E-state index contributed by atoms with van der Waals surface area (Å²) in [5, 5.41) is 8.65. The number of nitrogens with zero attached hydrogens (tertiary/aromatic N) is 3. The molecule has 0 radical (unpaired) electrons. The normalized spacial score (nSPS) is 16.2. The lowest BCUT2D eigenvalue weighted by Crippen LogP contribution is -2.46. The molecule has 1 fully saturated rings. The minimum absolute atomic E-state index is 0.104. The Kier molecular flexibility index (Phi) is 5.83. The van der Waals surface area contributed by atoms with E-state index >= 15 is 0 Å². The molecule has 0 aromatic rings. The van der Waals surface area contributed by atoms with Crippen molar-refractivity contribution in [3.8, 4) is 6.07 Å². The molecule has 90 valence electrons. The molecule has 0 N–H and O–H groups in total. The molecule has 5 nitrogen and oxygen atoms in total. The van der Waals surface area contributed by atoms with E-state index in [9.17, 15) is 4.79 Å². The SMILES string of the molecule is CCCN(CC#N)CC(=O)N1CCOCC1. The summed E-state index contributed by atoms with van der Waals surface area (Å²) in [6.45, 7) is 6.10. The van der Waals surface area contributed by atoms with Crippen LogP contribution in [0.25, 0.3) is 0 Å². The number of morpholine rings is 1. The summed E-state index contributed by atoms with van der Waals surface area (Å²) < 4.78 is 5.19. The molecule has 0 aliphatic carbocycles. The molecule has 0 saturated carbocycles. The molecule has 0 aromatic heterocycles. The van der Waals surface area contributed by atoms with E-state index in [1.54, 1.807) is 0 Å². The average molecular weight is 225 g/mol. The molecule has 0 unspecified atom stereocenters. The van der Waals surface area contributed by atoms with Crippen LogP contribution in [-0.4, -0.2) is 61.6 Å². The van der Waals surface area contributed by atoms with Crippen molar-refractivity contribution >= 4 is 5.91 Å². The van der Waals surface area contributed by atoms with E-state index < -0.39 is 0 Å². The molecule has 0 bridgehead atoms. The maximum absolute atomic E-state index is 11.9. The second-order valence-electron chi connectivity index (χ2n) is 3.86. The Morgan fingerprint density at radius 3 is 2.75 bits per heavy atom. The van der Waals surface area contributed by atoms with Gasteiger partial charge in [-0.05, 0) is 13.0 Å². The molecule has 1 heterocycles. The molecule has 1 amide bonds. The first-order valence-corrected chi connectivity index (χ1v) is 5.72. The van der Waals surface area contributed by atoms with Crippen molar-refractivity contribution in [2.75, 3.05) is 45.9 Å². The third-order valence-electron chi connectivity index (χ3n) is 2.56. The fourth-order valence-electron chi connectivity index (χ4n) is 1.73. The van der Waals surface area contributed by atoms with Crippen LogP contribution < -0.4 is 0 Å². The fourth-order valence-corrected chi connectivity index (χ4v) is 1.73. The van der Waals surface area contributed by atoms with Crippen LogP contribution in [0, 0.1) is 11.3 Å². The Morgan fingerprint density at radius 1 is 1.50 bits per heavy atom. The lowest BCUT2D eigenvalue weighted by Gasteiger charge is -2.29. The van der Waals surface area contributed by atoms with Crippen LogP contribution in [0.2, 0.25) is 0 Å². The molecule has 1 rings (SSSR count). The van der Waals surface area contributed by atoms with Crippen molar-refractivity contribution in [2.45, 2.75) is 13.3 Å². The van der Waals surface area contributed by atoms with Gasteiger partial charge in [0, 0.05) is 13.1 Å². The van der Waals surface area contributed by atoms with E-state index in [-0.39, 0.29) is 5.91 Å². The van der Waals surface area contributed by atoms with Crippen LogP contribution in [0.4, 0.5) is 0 Å². The highest BCUT2D eigenvalue weighted by Gasteiger charge is 2.18. The van der Waals surface area contributed by atoms with Gasteiger partial charge in [0.15, 0.2) is 0 Å². The predicted molar refractivity (Wildman–Crippen MR) is 59.7 cm³/mol. The fraction of sp³-hybridized carbons (Fsp3) is 0.818. The molecular weight excluding hydrogens is 206 g/mol. The number of hydrogen-bond acceptors (Lipinski definition) is 4. The summed E-state index contributed by atoms with van der Waals surface area (Å²) in [4.78, 5) is 15.6. The van der Waals surface area contributed by atoms with Gasteiger partial charge < -0.3 is 9.64 Å². The van der Waals surface area contributed by atoms with Gasteiger partial charge in [-0.2, -0.15) is 5.26 Å². The molecular formula is C11H19N3O2. The van der Waals surface area contributed by atoms with Gasteiger partial charge in [0.2, 0.25) is 5.91 Å². The third kappa shape index (κ3) is 4.17. The molecule has 16 heavy (non-hydrogen) atoms. The lowest BCUT2D eigenvalue weighted by molar-refractivity contribution is -0.136. The maximum Gasteiger partial charge on any atom is 0.236 e. The minimum atomic E-state index is 0.104. The average Bonchev–Trinajstić information content (AvgIpc) is 2.31. The van der Waals surface area contributed by atoms with Gasteiger partial charge in [0.05, 0.1) is 32.4 Å². The predicted octanol–water partition coefficient (Wildman–Crippen LogP) is 0.0808. The molecule has 0 aromatic carbocycles. The molecule has 1 saturated heterocycles. The van der Waals surface area contributed by atoms with Crippen LogP contribution in [0.5, 0.6) is 0 Å². The topological polar surface area (TPSA) is 56.6 Å². The second-order valence-corrected chi connectivity index (χ2v) is 3.86. The summed E-state index contributed by atoms with van der Waals surface area (Å²) in [7, 11) is 0. The third-order valence-corrected chi connectivity index (χ3v) is 2.56. The number of rotatable bonds is 5. The highest BCUT2D eigenvalue weighted by Crippen LogP contribution is 2.00. The molecule has 1 aliphatic rings. The maximum atomic E-state index is 11.9. The van der Waals surface area contributed by atoms with Crippen molar-refractivity contribution in [3.63, 3.8) is 0 Å². The van der Waals surface area contributed by atoms with E-state index in [0.717, 1.165) is 13.0 Å². The van der Waals surface area contributed by atoms with Gasteiger partial charge in [0.1, 0.15) is 0 Å².